The summed E-state index contributed by atoms with van der Waals surface area (Å²) in [7, 11) is 0. The van der Waals surface area contributed by atoms with Crippen LogP contribution in [0.1, 0.15) is 16.8 Å². The van der Waals surface area contributed by atoms with Crippen LogP contribution in [0, 0.1) is 12.3 Å². The van der Waals surface area contributed by atoms with Gasteiger partial charge in [-0.25, -0.2) is 4.79 Å². The van der Waals surface area contributed by atoms with Gasteiger partial charge < -0.3 is 10.4 Å². The number of nitrogens with one attached hydrogen (secondary N) is 2. The Morgan fingerprint density at radius 1 is 1.38 bits per heavy atom. The third kappa shape index (κ3) is 3.28. The number of carboxylic acids is 1. The van der Waals surface area contributed by atoms with Crippen molar-refractivity contribution in [1.29, 1.82) is 0 Å². The molecule has 0 fully saturated rings. The lowest BCUT2D eigenvalue weighted by Crippen LogP contribution is -2.40. The summed E-state index contributed by atoms with van der Waals surface area (Å²) < 4.78 is 0. The molecule has 2 aromatic rings. The molecule has 106 valence electrons. The Hall–Kier alpha value is -3.07. The molecular formula is C15H13N3O3. The number of aromatic amines is 1. The number of hydrogen-bond donors (Lipinski definition) is 3. The Labute approximate surface area is 121 Å². The highest BCUT2D eigenvalue weighted by molar-refractivity contribution is 6.01. The summed E-state index contributed by atoms with van der Waals surface area (Å²) in [4.78, 5) is 23.2. The number of aliphatic carboxylic acids is 1. The van der Waals surface area contributed by atoms with E-state index >= 15 is 0 Å². The predicted octanol–water partition coefficient (Wildman–Crippen LogP) is 1.28. The molecule has 0 radical (unpaired) electrons. The number of rotatable bonds is 5. The van der Waals surface area contributed by atoms with Crippen LogP contribution in [-0.2, 0) is 4.79 Å². The fourth-order valence-electron chi connectivity index (χ4n) is 1.84. The van der Waals surface area contributed by atoms with Gasteiger partial charge in [0.2, 0.25) is 0 Å². The maximum atomic E-state index is 12.2. The van der Waals surface area contributed by atoms with E-state index in [1.165, 1.54) is 6.20 Å². The number of nitrogens with zero attached hydrogens (tertiary/aromatic N) is 1. The minimum Gasteiger partial charge on any atom is -0.480 e. The Balaban J connectivity index is 2.24. The minimum atomic E-state index is -1.17. The van der Waals surface area contributed by atoms with Gasteiger partial charge in [0, 0.05) is 12.0 Å². The maximum Gasteiger partial charge on any atom is 0.327 e. The Bertz CT molecular complexity index is 686. The number of amides is 1. The van der Waals surface area contributed by atoms with Crippen molar-refractivity contribution < 1.29 is 14.7 Å². The first-order chi connectivity index (χ1) is 10.1. The Morgan fingerprint density at radius 2 is 2.10 bits per heavy atom. The number of carbonyl (C=O) groups excluding carboxylic acids is 1. The zero-order chi connectivity index (χ0) is 15.2. The quantitative estimate of drug-likeness (QED) is 0.720. The van der Waals surface area contributed by atoms with E-state index in [4.69, 9.17) is 11.5 Å². The average Bonchev–Trinajstić information content (AvgIpc) is 2.97. The molecule has 21 heavy (non-hydrogen) atoms. The van der Waals surface area contributed by atoms with Gasteiger partial charge in [0.15, 0.2) is 0 Å². The van der Waals surface area contributed by atoms with Crippen LogP contribution in [0.4, 0.5) is 0 Å². The molecule has 0 aliphatic carbocycles. The van der Waals surface area contributed by atoms with Gasteiger partial charge >= 0.3 is 5.97 Å². The summed E-state index contributed by atoms with van der Waals surface area (Å²) in [5.41, 5.74) is 1.58. The SMILES string of the molecule is C#CCC(NC(=O)c1cn[nH]c1-c1ccccc1)C(=O)O. The van der Waals surface area contributed by atoms with Crippen LogP contribution in [0.2, 0.25) is 0 Å². The van der Waals surface area contributed by atoms with Gasteiger partial charge in [-0.1, -0.05) is 30.3 Å². The molecule has 0 aliphatic rings. The van der Waals surface area contributed by atoms with E-state index < -0.39 is 17.9 Å². The molecular weight excluding hydrogens is 270 g/mol. The molecule has 2 rings (SSSR count). The molecule has 6 nitrogen and oxygen atoms in total. The molecule has 1 unspecified atom stereocenters. The van der Waals surface area contributed by atoms with Crippen LogP contribution in [0.25, 0.3) is 11.3 Å². The van der Waals surface area contributed by atoms with Gasteiger partial charge in [0.1, 0.15) is 6.04 Å². The van der Waals surface area contributed by atoms with Crippen molar-refractivity contribution in [1.82, 2.24) is 15.5 Å². The summed E-state index contributed by atoms with van der Waals surface area (Å²) in [6.45, 7) is 0. The number of carbonyl (C=O) groups is 2. The Morgan fingerprint density at radius 3 is 2.71 bits per heavy atom. The lowest BCUT2D eigenvalue weighted by molar-refractivity contribution is -0.139. The zero-order valence-corrected chi connectivity index (χ0v) is 11.0. The van der Waals surface area contributed by atoms with Gasteiger partial charge in [-0.2, -0.15) is 5.10 Å². The fourth-order valence-corrected chi connectivity index (χ4v) is 1.84. The molecule has 0 saturated carbocycles. The van der Waals surface area contributed by atoms with Gasteiger partial charge in [0.05, 0.1) is 17.5 Å². The van der Waals surface area contributed by atoms with Crippen LogP contribution < -0.4 is 5.32 Å². The van der Waals surface area contributed by atoms with Crippen molar-refractivity contribution in [2.75, 3.05) is 0 Å². The molecule has 6 heteroatoms. The van der Waals surface area contributed by atoms with E-state index in [0.29, 0.717) is 5.69 Å². The lowest BCUT2D eigenvalue weighted by atomic mass is 10.1. The van der Waals surface area contributed by atoms with Gasteiger partial charge in [-0.3, -0.25) is 9.89 Å². The van der Waals surface area contributed by atoms with Crippen LogP contribution in [0.3, 0.4) is 0 Å². The highest BCUT2D eigenvalue weighted by atomic mass is 16.4. The first kappa shape index (κ1) is 14.3. The van der Waals surface area contributed by atoms with Crippen molar-refractivity contribution >= 4 is 11.9 Å². The van der Waals surface area contributed by atoms with E-state index in [9.17, 15) is 9.59 Å². The summed E-state index contributed by atoms with van der Waals surface area (Å²) in [5, 5.41) is 18.0. The number of H-pyrrole nitrogens is 1. The smallest absolute Gasteiger partial charge is 0.327 e. The number of terminal acetylenes is 1. The topological polar surface area (TPSA) is 95.1 Å². The number of benzene rings is 1. The molecule has 1 atom stereocenters. The largest absolute Gasteiger partial charge is 0.480 e. The van der Waals surface area contributed by atoms with Crippen LogP contribution >= 0.6 is 0 Å². The van der Waals surface area contributed by atoms with E-state index in [2.05, 4.69) is 21.4 Å². The normalized spacial score (nSPS) is 11.4. The average molecular weight is 283 g/mol. The second-order valence-electron chi connectivity index (χ2n) is 4.30. The maximum absolute atomic E-state index is 12.2. The van der Waals surface area contributed by atoms with Crippen LogP contribution in [-0.4, -0.2) is 33.2 Å². The molecule has 0 aliphatic heterocycles. The van der Waals surface area contributed by atoms with E-state index in [-0.39, 0.29) is 12.0 Å². The highest BCUT2D eigenvalue weighted by Crippen LogP contribution is 2.20. The summed E-state index contributed by atoms with van der Waals surface area (Å²) in [6, 6.07) is 8.03. The molecule has 1 amide bonds. The molecule has 0 saturated heterocycles. The standard InChI is InChI=1S/C15H13N3O3/c1-2-6-12(15(20)21)17-14(19)11-9-16-18-13(11)10-7-4-3-5-8-10/h1,3-5,7-9,12H,6H2,(H,16,18)(H,17,19)(H,20,21). The molecule has 3 N–H and O–H groups in total. The fraction of sp³-hybridized carbons (Fsp3) is 0.133. The van der Waals surface area contributed by atoms with Gasteiger partial charge in [0.25, 0.3) is 5.91 Å². The van der Waals surface area contributed by atoms with Crippen molar-refractivity contribution in [2.24, 2.45) is 0 Å². The number of aromatic nitrogens is 2. The predicted molar refractivity (Wildman–Crippen MR) is 76.4 cm³/mol. The number of carboxylic acid groups (broad SMARTS) is 1. The first-order valence-corrected chi connectivity index (χ1v) is 6.19. The zero-order valence-electron chi connectivity index (χ0n) is 11.0. The lowest BCUT2D eigenvalue weighted by Gasteiger charge is -2.11. The monoisotopic (exact) mass is 283 g/mol. The molecule has 0 bridgehead atoms. The summed E-state index contributed by atoms with van der Waals surface area (Å²) in [5.74, 6) is 0.515. The summed E-state index contributed by atoms with van der Waals surface area (Å²) in [6.07, 6.45) is 6.37. The third-order valence-corrected chi connectivity index (χ3v) is 2.87. The number of hydrogen-bond acceptors (Lipinski definition) is 3. The molecule has 1 aromatic heterocycles. The van der Waals surface area contributed by atoms with Gasteiger partial charge in [-0.05, 0) is 0 Å². The van der Waals surface area contributed by atoms with Crippen molar-refractivity contribution in [3.63, 3.8) is 0 Å². The van der Waals surface area contributed by atoms with Crippen molar-refractivity contribution in [3.8, 4) is 23.6 Å². The molecule has 0 spiro atoms. The van der Waals surface area contributed by atoms with Crippen molar-refractivity contribution in [2.45, 2.75) is 12.5 Å². The van der Waals surface area contributed by atoms with E-state index in [1.807, 2.05) is 30.3 Å². The van der Waals surface area contributed by atoms with Crippen LogP contribution in [0.5, 0.6) is 0 Å². The molecule has 1 aromatic carbocycles. The second-order valence-corrected chi connectivity index (χ2v) is 4.30. The van der Waals surface area contributed by atoms with E-state index in [0.717, 1.165) is 5.56 Å². The second kappa shape index (κ2) is 6.39. The molecule has 1 heterocycles. The third-order valence-electron chi connectivity index (χ3n) is 2.87. The van der Waals surface area contributed by atoms with Crippen LogP contribution in [0.15, 0.2) is 36.5 Å². The van der Waals surface area contributed by atoms with Gasteiger partial charge in [-0.15, -0.1) is 12.3 Å². The first-order valence-electron chi connectivity index (χ1n) is 6.19. The minimum absolute atomic E-state index is 0.0837. The highest BCUT2D eigenvalue weighted by Gasteiger charge is 2.22. The summed E-state index contributed by atoms with van der Waals surface area (Å²) >= 11 is 0. The van der Waals surface area contributed by atoms with Crippen molar-refractivity contribution in [3.05, 3.63) is 42.1 Å². The van der Waals surface area contributed by atoms with E-state index in [1.54, 1.807) is 0 Å². The Kier molecular flexibility index (Phi) is 4.36.